The SMILES string of the molecule is CSCc1ccc(-c2csc(N)n2)cc1. The Bertz CT molecular complexity index is 434. The molecule has 0 fully saturated rings. The van der Waals surface area contributed by atoms with E-state index in [1.54, 1.807) is 0 Å². The van der Waals surface area contributed by atoms with Crippen LogP contribution in [0.1, 0.15) is 5.56 Å². The summed E-state index contributed by atoms with van der Waals surface area (Å²) >= 11 is 3.30. The van der Waals surface area contributed by atoms with Crippen molar-refractivity contribution in [3.8, 4) is 11.3 Å². The Kier molecular flexibility index (Phi) is 3.28. The molecule has 0 spiro atoms. The topological polar surface area (TPSA) is 38.9 Å². The summed E-state index contributed by atoms with van der Waals surface area (Å²) in [6.07, 6.45) is 2.11. The van der Waals surface area contributed by atoms with Crippen molar-refractivity contribution in [3.63, 3.8) is 0 Å². The van der Waals surface area contributed by atoms with Gasteiger partial charge in [0.25, 0.3) is 0 Å². The molecule has 0 saturated heterocycles. The standard InChI is InChI=1S/C11H12N2S2/c1-14-6-8-2-4-9(5-3-8)10-7-15-11(12)13-10/h2-5,7H,6H2,1H3,(H2,12,13). The van der Waals surface area contributed by atoms with Crippen LogP contribution in [-0.2, 0) is 5.75 Å². The molecule has 1 heterocycles. The molecule has 0 aliphatic rings. The van der Waals surface area contributed by atoms with Crippen LogP contribution in [-0.4, -0.2) is 11.2 Å². The molecule has 2 nitrogen and oxygen atoms in total. The molecule has 2 rings (SSSR count). The molecule has 0 atom stereocenters. The number of benzene rings is 1. The highest BCUT2D eigenvalue weighted by Crippen LogP contribution is 2.23. The smallest absolute Gasteiger partial charge is 0.180 e. The molecule has 2 aromatic rings. The van der Waals surface area contributed by atoms with Crippen LogP contribution >= 0.6 is 23.1 Å². The number of hydrogen-bond donors (Lipinski definition) is 1. The Morgan fingerprint density at radius 3 is 2.60 bits per heavy atom. The van der Waals surface area contributed by atoms with E-state index in [-0.39, 0.29) is 0 Å². The predicted molar refractivity (Wildman–Crippen MR) is 69.2 cm³/mol. The largest absolute Gasteiger partial charge is 0.375 e. The molecule has 0 radical (unpaired) electrons. The van der Waals surface area contributed by atoms with Crippen molar-refractivity contribution in [2.45, 2.75) is 5.75 Å². The lowest BCUT2D eigenvalue weighted by Gasteiger charge is -2.00. The molecule has 2 N–H and O–H groups in total. The maximum Gasteiger partial charge on any atom is 0.180 e. The first-order valence-electron chi connectivity index (χ1n) is 4.59. The summed E-state index contributed by atoms with van der Waals surface area (Å²) in [5.74, 6) is 1.06. The Morgan fingerprint density at radius 2 is 2.07 bits per heavy atom. The highest BCUT2D eigenvalue weighted by molar-refractivity contribution is 7.97. The highest BCUT2D eigenvalue weighted by atomic mass is 32.2. The fourth-order valence-corrected chi connectivity index (χ4v) is 2.46. The quantitative estimate of drug-likeness (QED) is 0.889. The van der Waals surface area contributed by atoms with Gasteiger partial charge in [-0.05, 0) is 11.8 Å². The van der Waals surface area contributed by atoms with Gasteiger partial charge in [0.1, 0.15) is 0 Å². The van der Waals surface area contributed by atoms with E-state index in [4.69, 9.17) is 5.73 Å². The van der Waals surface area contributed by atoms with Crippen LogP contribution < -0.4 is 5.73 Å². The fourth-order valence-electron chi connectivity index (χ4n) is 1.36. The minimum absolute atomic E-state index is 0.623. The molecule has 0 saturated carbocycles. The number of nitrogens with zero attached hydrogens (tertiary/aromatic N) is 1. The van der Waals surface area contributed by atoms with Crippen LogP contribution in [0.5, 0.6) is 0 Å². The number of nitrogen functional groups attached to an aromatic ring is 1. The molecule has 0 aliphatic carbocycles. The third-order valence-corrected chi connectivity index (χ3v) is 3.38. The van der Waals surface area contributed by atoms with E-state index in [0.29, 0.717) is 5.13 Å². The molecule has 1 aromatic heterocycles. The van der Waals surface area contributed by atoms with Crippen LogP contribution in [0, 0.1) is 0 Å². The first-order valence-corrected chi connectivity index (χ1v) is 6.86. The van der Waals surface area contributed by atoms with Crippen molar-refractivity contribution in [2.24, 2.45) is 0 Å². The zero-order valence-electron chi connectivity index (χ0n) is 8.43. The van der Waals surface area contributed by atoms with Crippen LogP contribution in [0.25, 0.3) is 11.3 Å². The minimum atomic E-state index is 0.623. The summed E-state index contributed by atoms with van der Waals surface area (Å²) in [6, 6.07) is 8.48. The number of rotatable bonds is 3. The van der Waals surface area contributed by atoms with Crippen LogP contribution in [0.2, 0.25) is 0 Å². The third kappa shape index (κ3) is 2.52. The van der Waals surface area contributed by atoms with E-state index < -0.39 is 0 Å². The Morgan fingerprint density at radius 1 is 1.33 bits per heavy atom. The van der Waals surface area contributed by atoms with E-state index in [9.17, 15) is 0 Å². The van der Waals surface area contributed by atoms with Gasteiger partial charge < -0.3 is 5.73 Å². The van der Waals surface area contributed by atoms with Gasteiger partial charge in [-0.1, -0.05) is 24.3 Å². The second kappa shape index (κ2) is 4.68. The van der Waals surface area contributed by atoms with Gasteiger partial charge in [0.15, 0.2) is 5.13 Å². The first kappa shape index (κ1) is 10.5. The van der Waals surface area contributed by atoms with Gasteiger partial charge in [0.2, 0.25) is 0 Å². The maximum absolute atomic E-state index is 5.60. The number of anilines is 1. The molecule has 0 aliphatic heterocycles. The molecule has 0 unspecified atom stereocenters. The number of thiazole rings is 1. The zero-order valence-corrected chi connectivity index (χ0v) is 10.1. The maximum atomic E-state index is 5.60. The van der Waals surface area contributed by atoms with E-state index in [2.05, 4.69) is 35.5 Å². The molecule has 0 bridgehead atoms. The van der Waals surface area contributed by atoms with Crippen LogP contribution in [0.15, 0.2) is 29.6 Å². The molecule has 15 heavy (non-hydrogen) atoms. The zero-order chi connectivity index (χ0) is 10.7. The summed E-state index contributed by atoms with van der Waals surface area (Å²) in [6.45, 7) is 0. The summed E-state index contributed by atoms with van der Waals surface area (Å²) in [4.78, 5) is 4.25. The molecule has 0 amide bonds. The second-order valence-corrected chi connectivity index (χ2v) is 4.96. The second-order valence-electron chi connectivity index (χ2n) is 3.20. The third-order valence-electron chi connectivity index (χ3n) is 2.08. The van der Waals surface area contributed by atoms with E-state index in [1.165, 1.54) is 16.9 Å². The summed E-state index contributed by atoms with van der Waals surface area (Å²) < 4.78 is 0. The number of hydrogen-bond acceptors (Lipinski definition) is 4. The Hall–Kier alpha value is -1.00. The van der Waals surface area contributed by atoms with Crippen molar-refractivity contribution in [3.05, 3.63) is 35.2 Å². The molecular formula is C11H12N2S2. The highest BCUT2D eigenvalue weighted by Gasteiger charge is 2.01. The number of aromatic nitrogens is 1. The predicted octanol–water partition coefficient (Wildman–Crippen LogP) is 3.26. The van der Waals surface area contributed by atoms with Crippen molar-refractivity contribution in [1.82, 2.24) is 4.98 Å². The molecule has 4 heteroatoms. The average Bonchev–Trinajstić information content (AvgIpc) is 2.67. The van der Waals surface area contributed by atoms with E-state index in [1.807, 2.05) is 17.1 Å². The monoisotopic (exact) mass is 236 g/mol. The lowest BCUT2D eigenvalue weighted by atomic mass is 10.1. The Labute approximate surface area is 97.5 Å². The molecule has 1 aromatic carbocycles. The van der Waals surface area contributed by atoms with Gasteiger partial charge in [0, 0.05) is 16.7 Å². The van der Waals surface area contributed by atoms with Gasteiger partial charge in [-0.3, -0.25) is 0 Å². The summed E-state index contributed by atoms with van der Waals surface area (Å²) in [5.41, 5.74) is 9.04. The van der Waals surface area contributed by atoms with Gasteiger partial charge >= 0.3 is 0 Å². The van der Waals surface area contributed by atoms with E-state index in [0.717, 1.165) is 17.0 Å². The summed E-state index contributed by atoms with van der Waals surface area (Å²) in [5, 5.41) is 2.61. The van der Waals surface area contributed by atoms with Gasteiger partial charge in [-0.2, -0.15) is 11.8 Å². The summed E-state index contributed by atoms with van der Waals surface area (Å²) in [7, 11) is 0. The number of thioether (sulfide) groups is 1. The van der Waals surface area contributed by atoms with Gasteiger partial charge in [-0.15, -0.1) is 11.3 Å². The van der Waals surface area contributed by atoms with Crippen LogP contribution in [0.4, 0.5) is 5.13 Å². The fraction of sp³-hybridized carbons (Fsp3) is 0.182. The van der Waals surface area contributed by atoms with Crippen molar-refractivity contribution < 1.29 is 0 Å². The average molecular weight is 236 g/mol. The van der Waals surface area contributed by atoms with Crippen molar-refractivity contribution in [1.29, 1.82) is 0 Å². The Balaban J connectivity index is 2.23. The first-order chi connectivity index (χ1) is 7.29. The van der Waals surface area contributed by atoms with E-state index >= 15 is 0 Å². The van der Waals surface area contributed by atoms with Crippen molar-refractivity contribution >= 4 is 28.2 Å². The normalized spacial score (nSPS) is 10.5. The molecular weight excluding hydrogens is 224 g/mol. The lowest BCUT2D eigenvalue weighted by molar-refractivity contribution is 1.38. The number of nitrogens with two attached hydrogens (primary N) is 1. The van der Waals surface area contributed by atoms with Gasteiger partial charge in [-0.25, -0.2) is 4.98 Å². The molecule has 78 valence electrons. The van der Waals surface area contributed by atoms with Gasteiger partial charge in [0.05, 0.1) is 5.69 Å². The lowest BCUT2D eigenvalue weighted by Crippen LogP contribution is -1.84. The minimum Gasteiger partial charge on any atom is -0.375 e. The van der Waals surface area contributed by atoms with Crippen molar-refractivity contribution in [2.75, 3.05) is 12.0 Å². The van der Waals surface area contributed by atoms with Crippen LogP contribution in [0.3, 0.4) is 0 Å².